The molecule has 2 unspecified atom stereocenters. The molecular weight excluding hydrogens is 236 g/mol. The zero-order valence-corrected chi connectivity index (χ0v) is 11.8. The topological polar surface area (TPSA) is 32.3 Å². The van der Waals surface area contributed by atoms with Gasteiger partial charge in [-0.1, -0.05) is 18.2 Å². The zero-order chi connectivity index (χ0) is 13.4. The molecule has 0 radical (unpaired) electrons. The van der Waals surface area contributed by atoms with Crippen molar-refractivity contribution in [1.29, 1.82) is 0 Å². The molecule has 0 saturated carbocycles. The van der Waals surface area contributed by atoms with E-state index in [4.69, 9.17) is 0 Å². The molecule has 0 aliphatic carbocycles. The molecule has 3 rings (SSSR count). The summed E-state index contributed by atoms with van der Waals surface area (Å²) < 4.78 is 0. The van der Waals surface area contributed by atoms with Crippen LogP contribution in [0.15, 0.2) is 18.2 Å². The van der Waals surface area contributed by atoms with Gasteiger partial charge in [-0.05, 0) is 49.9 Å². The highest BCUT2D eigenvalue weighted by atomic mass is 16.2. The Morgan fingerprint density at radius 2 is 2.05 bits per heavy atom. The number of carbonyl (C=O) groups excluding carboxylic acids is 1. The molecule has 2 heterocycles. The van der Waals surface area contributed by atoms with Crippen LogP contribution in [0, 0.1) is 19.8 Å². The molecule has 2 atom stereocenters. The van der Waals surface area contributed by atoms with Crippen LogP contribution in [0.25, 0.3) is 0 Å². The molecule has 3 nitrogen and oxygen atoms in total. The highest BCUT2D eigenvalue weighted by molar-refractivity contribution is 5.82. The lowest BCUT2D eigenvalue weighted by Gasteiger charge is -2.23. The Kier molecular flexibility index (Phi) is 3.31. The Hall–Kier alpha value is -1.35. The molecule has 102 valence electrons. The highest BCUT2D eigenvalue weighted by Crippen LogP contribution is 2.28. The van der Waals surface area contributed by atoms with E-state index in [0.29, 0.717) is 11.9 Å². The van der Waals surface area contributed by atoms with Gasteiger partial charge in [0.2, 0.25) is 5.91 Å². The van der Waals surface area contributed by atoms with Crippen molar-refractivity contribution in [3.8, 4) is 0 Å². The van der Waals surface area contributed by atoms with E-state index in [-0.39, 0.29) is 5.92 Å². The van der Waals surface area contributed by atoms with Crippen LogP contribution in [-0.2, 0) is 11.3 Å². The van der Waals surface area contributed by atoms with Gasteiger partial charge in [0, 0.05) is 19.1 Å². The highest BCUT2D eigenvalue weighted by Gasteiger charge is 2.41. The molecule has 3 heteroatoms. The van der Waals surface area contributed by atoms with Crippen molar-refractivity contribution in [3.05, 3.63) is 34.9 Å². The predicted octanol–water partition coefficient (Wildman–Crippen LogP) is 2.01. The minimum Gasteiger partial charge on any atom is -0.336 e. The van der Waals surface area contributed by atoms with Crippen LogP contribution < -0.4 is 5.32 Å². The minimum atomic E-state index is 0.220. The normalized spacial score (nSPS) is 26.6. The van der Waals surface area contributed by atoms with Crippen molar-refractivity contribution in [3.63, 3.8) is 0 Å². The number of amides is 1. The van der Waals surface area contributed by atoms with Crippen LogP contribution in [0.2, 0.25) is 0 Å². The number of aryl methyl sites for hydroxylation is 2. The van der Waals surface area contributed by atoms with Crippen LogP contribution in [0.5, 0.6) is 0 Å². The lowest BCUT2D eigenvalue weighted by Crippen LogP contribution is -2.41. The van der Waals surface area contributed by atoms with Crippen molar-refractivity contribution in [1.82, 2.24) is 10.2 Å². The van der Waals surface area contributed by atoms with Gasteiger partial charge >= 0.3 is 0 Å². The van der Waals surface area contributed by atoms with Crippen LogP contribution in [0.1, 0.15) is 29.5 Å². The number of likely N-dealkylation sites (tertiary alicyclic amines) is 1. The number of piperidine rings is 1. The van der Waals surface area contributed by atoms with Crippen molar-refractivity contribution >= 4 is 5.91 Å². The monoisotopic (exact) mass is 258 g/mol. The second-order valence-corrected chi connectivity index (χ2v) is 5.90. The average molecular weight is 258 g/mol. The largest absolute Gasteiger partial charge is 0.336 e. The number of hydrogen-bond donors (Lipinski definition) is 1. The maximum absolute atomic E-state index is 12.5. The second kappa shape index (κ2) is 4.97. The third-order valence-electron chi connectivity index (χ3n) is 4.62. The maximum atomic E-state index is 12.5. The van der Waals surface area contributed by atoms with Gasteiger partial charge in [-0.2, -0.15) is 0 Å². The molecule has 0 spiro atoms. The van der Waals surface area contributed by atoms with Crippen LogP contribution >= 0.6 is 0 Å². The Labute approximate surface area is 115 Å². The first-order valence-electron chi connectivity index (χ1n) is 7.24. The fourth-order valence-corrected chi connectivity index (χ4v) is 3.43. The molecule has 0 aromatic heterocycles. The van der Waals surface area contributed by atoms with Gasteiger partial charge < -0.3 is 10.2 Å². The molecule has 2 fully saturated rings. The molecular formula is C16H22N2O. The Balaban J connectivity index is 1.79. The van der Waals surface area contributed by atoms with Gasteiger partial charge in [-0.15, -0.1) is 0 Å². The van der Waals surface area contributed by atoms with Crippen molar-refractivity contribution in [2.75, 3.05) is 13.1 Å². The van der Waals surface area contributed by atoms with E-state index < -0.39 is 0 Å². The SMILES string of the molecule is Cc1cccc(C)c1CN1CC2NCCCC2C1=O. The van der Waals surface area contributed by atoms with Crippen LogP contribution in [-0.4, -0.2) is 29.9 Å². The van der Waals surface area contributed by atoms with E-state index in [1.165, 1.54) is 16.7 Å². The van der Waals surface area contributed by atoms with Gasteiger partial charge in [0.15, 0.2) is 0 Å². The summed E-state index contributed by atoms with van der Waals surface area (Å²) in [5.41, 5.74) is 3.89. The van der Waals surface area contributed by atoms with E-state index in [0.717, 1.165) is 32.5 Å². The van der Waals surface area contributed by atoms with Crippen molar-refractivity contribution < 1.29 is 4.79 Å². The first-order chi connectivity index (χ1) is 9.16. The molecule has 1 aromatic carbocycles. The van der Waals surface area contributed by atoms with Gasteiger partial charge in [-0.3, -0.25) is 4.79 Å². The standard InChI is InChI=1S/C16H22N2O/c1-11-5-3-6-12(2)14(11)9-18-10-15-13(16(18)19)7-4-8-17-15/h3,5-6,13,15,17H,4,7-10H2,1-2H3. The van der Waals surface area contributed by atoms with E-state index in [1.54, 1.807) is 0 Å². The molecule has 1 amide bonds. The number of fused-ring (bicyclic) bond motifs is 1. The van der Waals surface area contributed by atoms with E-state index >= 15 is 0 Å². The first-order valence-corrected chi connectivity index (χ1v) is 7.24. The van der Waals surface area contributed by atoms with Crippen molar-refractivity contribution in [2.45, 2.75) is 39.3 Å². The van der Waals surface area contributed by atoms with Gasteiger partial charge in [0.1, 0.15) is 0 Å². The van der Waals surface area contributed by atoms with Crippen LogP contribution in [0.4, 0.5) is 0 Å². The molecule has 2 aliphatic heterocycles. The number of hydrogen-bond acceptors (Lipinski definition) is 2. The fourth-order valence-electron chi connectivity index (χ4n) is 3.43. The summed E-state index contributed by atoms with van der Waals surface area (Å²) in [6.45, 7) is 6.97. The lowest BCUT2D eigenvalue weighted by atomic mass is 9.94. The van der Waals surface area contributed by atoms with Gasteiger partial charge in [0.05, 0.1) is 5.92 Å². The summed E-state index contributed by atoms with van der Waals surface area (Å²) in [4.78, 5) is 14.5. The maximum Gasteiger partial charge on any atom is 0.227 e. The second-order valence-electron chi connectivity index (χ2n) is 5.90. The van der Waals surface area contributed by atoms with Gasteiger partial charge in [-0.25, -0.2) is 0 Å². The van der Waals surface area contributed by atoms with Gasteiger partial charge in [0.25, 0.3) is 0 Å². The number of nitrogens with zero attached hydrogens (tertiary/aromatic N) is 1. The average Bonchev–Trinajstić information content (AvgIpc) is 2.72. The number of benzene rings is 1. The Bertz CT molecular complexity index is 477. The Morgan fingerprint density at radius 1 is 1.32 bits per heavy atom. The van der Waals surface area contributed by atoms with E-state index in [9.17, 15) is 4.79 Å². The number of carbonyl (C=O) groups is 1. The van der Waals surface area contributed by atoms with E-state index in [1.807, 2.05) is 4.90 Å². The quantitative estimate of drug-likeness (QED) is 0.880. The molecule has 1 aromatic rings. The smallest absolute Gasteiger partial charge is 0.227 e. The Morgan fingerprint density at radius 3 is 2.74 bits per heavy atom. The molecule has 19 heavy (non-hydrogen) atoms. The third kappa shape index (κ3) is 2.27. The predicted molar refractivity (Wildman–Crippen MR) is 75.8 cm³/mol. The van der Waals surface area contributed by atoms with Crippen LogP contribution in [0.3, 0.4) is 0 Å². The minimum absolute atomic E-state index is 0.220. The molecule has 1 N–H and O–H groups in total. The zero-order valence-electron chi connectivity index (χ0n) is 11.8. The summed E-state index contributed by atoms with van der Waals surface area (Å²) >= 11 is 0. The summed E-state index contributed by atoms with van der Waals surface area (Å²) in [6.07, 6.45) is 2.18. The molecule has 0 bridgehead atoms. The van der Waals surface area contributed by atoms with Crippen molar-refractivity contribution in [2.24, 2.45) is 5.92 Å². The third-order valence-corrected chi connectivity index (χ3v) is 4.62. The summed E-state index contributed by atoms with van der Waals surface area (Å²) in [5.74, 6) is 0.568. The van der Waals surface area contributed by atoms with E-state index in [2.05, 4.69) is 37.4 Å². The molecule has 2 saturated heterocycles. The summed E-state index contributed by atoms with van der Waals surface area (Å²) in [7, 11) is 0. The number of nitrogens with one attached hydrogen (secondary N) is 1. The number of rotatable bonds is 2. The first kappa shape index (κ1) is 12.7. The molecule has 2 aliphatic rings. The lowest BCUT2D eigenvalue weighted by molar-refractivity contribution is -0.131. The summed E-state index contributed by atoms with van der Waals surface area (Å²) in [5, 5.41) is 3.49. The fraction of sp³-hybridized carbons (Fsp3) is 0.562. The summed E-state index contributed by atoms with van der Waals surface area (Å²) in [6, 6.07) is 6.73.